The van der Waals surface area contributed by atoms with E-state index in [1.54, 1.807) is 0 Å². The van der Waals surface area contributed by atoms with Crippen molar-refractivity contribution >= 4 is 16.7 Å². The zero-order valence-electron chi connectivity index (χ0n) is 14.8. The van der Waals surface area contributed by atoms with Crippen LogP contribution in [0.15, 0.2) is 42.5 Å². The van der Waals surface area contributed by atoms with Gasteiger partial charge in [0.05, 0.1) is 6.54 Å². The maximum Gasteiger partial charge on any atom is 0.234 e. The van der Waals surface area contributed by atoms with Crippen LogP contribution in [-0.2, 0) is 4.79 Å². The maximum atomic E-state index is 12.1. The minimum atomic E-state index is 0.0412. The molecule has 0 radical (unpaired) electrons. The van der Waals surface area contributed by atoms with Crippen LogP contribution in [0.4, 0.5) is 0 Å². The Hall–Kier alpha value is -1.87. The van der Waals surface area contributed by atoms with Gasteiger partial charge in [0.2, 0.25) is 5.91 Å². The standard InChI is InChI=1S/C20H28N2O/c1-14(21-13-19(23)22-15(2)20(3,4)5)17-12-8-10-16-9-6-7-11-18(16)17/h6-12,14-15,21H,13H2,1-5H3,(H,22,23)/t14-,15-/m1/s1. The number of carbonyl (C=O) groups is 1. The minimum Gasteiger partial charge on any atom is -0.352 e. The summed E-state index contributed by atoms with van der Waals surface area (Å²) in [7, 11) is 0. The molecule has 0 aliphatic carbocycles. The number of benzene rings is 2. The second kappa shape index (κ2) is 7.14. The lowest BCUT2D eigenvalue weighted by atomic mass is 9.88. The molecule has 2 aromatic carbocycles. The molecule has 1 amide bonds. The highest BCUT2D eigenvalue weighted by molar-refractivity contribution is 5.86. The Morgan fingerprint density at radius 2 is 1.70 bits per heavy atom. The van der Waals surface area contributed by atoms with Crippen LogP contribution in [0, 0.1) is 5.41 Å². The topological polar surface area (TPSA) is 41.1 Å². The van der Waals surface area contributed by atoms with Crippen molar-refractivity contribution in [2.45, 2.75) is 46.7 Å². The highest BCUT2D eigenvalue weighted by Crippen LogP contribution is 2.24. The number of carbonyl (C=O) groups excluding carboxylic acids is 1. The van der Waals surface area contributed by atoms with E-state index >= 15 is 0 Å². The summed E-state index contributed by atoms with van der Waals surface area (Å²) in [5, 5.41) is 8.86. The zero-order chi connectivity index (χ0) is 17.0. The lowest BCUT2D eigenvalue weighted by Gasteiger charge is -2.28. The molecule has 0 aliphatic heterocycles. The van der Waals surface area contributed by atoms with Crippen molar-refractivity contribution in [1.82, 2.24) is 10.6 Å². The Morgan fingerprint density at radius 3 is 2.39 bits per heavy atom. The molecule has 3 heteroatoms. The molecule has 0 unspecified atom stereocenters. The van der Waals surface area contributed by atoms with Gasteiger partial charge in [-0.05, 0) is 35.6 Å². The number of hydrogen-bond donors (Lipinski definition) is 2. The first-order chi connectivity index (χ1) is 10.8. The molecule has 0 aromatic heterocycles. The van der Waals surface area contributed by atoms with Gasteiger partial charge in [0.1, 0.15) is 0 Å². The summed E-state index contributed by atoms with van der Waals surface area (Å²) in [6.45, 7) is 10.9. The first-order valence-corrected chi connectivity index (χ1v) is 8.29. The molecule has 2 atom stereocenters. The zero-order valence-corrected chi connectivity index (χ0v) is 14.8. The number of hydrogen-bond acceptors (Lipinski definition) is 2. The Labute approximate surface area is 139 Å². The lowest BCUT2D eigenvalue weighted by molar-refractivity contribution is -0.121. The number of rotatable bonds is 5. The third-order valence-electron chi connectivity index (χ3n) is 4.54. The van der Waals surface area contributed by atoms with Gasteiger partial charge in [0, 0.05) is 12.1 Å². The molecule has 2 rings (SSSR count). The van der Waals surface area contributed by atoms with E-state index in [-0.39, 0.29) is 23.4 Å². The SMILES string of the molecule is C[C@@H](NCC(=O)N[C@H](C)C(C)(C)C)c1cccc2ccccc12. The van der Waals surface area contributed by atoms with Crippen LogP contribution in [0.1, 0.15) is 46.2 Å². The van der Waals surface area contributed by atoms with Crippen LogP contribution >= 0.6 is 0 Å². The van der Waals surface area contributed by atoms with Crippen LogP contribution in [0.5, 0.6) is 0 Å². The molecule has 0 spiro atoms. The summed E-state index contributed by atoms with van der Waals surface area (Å²) in [4.78, 5) is 12.1. The molecule has 2 N–H and O–H groups in total. The van der Waals surface area contributed by atoms with Gasteiger partial charge in [-0.15, -0.1) is 0 Å². The molecule has 124 valence electrons. The first-order valence-electron chi connectivity index (χ1n) is 8.29. The molecule has 0 fully saturated rings. The Balaban J connectivity index is 1.99. The fourth-order valence-corrected chi connectivity index (χ4v) is 2.49. The average molecular weight is 312 g/mol. The van der Waals surface area contributed by atoms with E-state index in [0.717, 1.165) is 0 Å². The highest BCUT2D eigenvalue weighted by Gasteiger charge is 2.21. The quantitative estimate of drug-likeness (QED) is 0.875. The molecular weight excluding hydrogens is 284 g/mol. The summed E-state index contributed by atoms with van der Waals surface area (Å²) in [5.41, 5.74) is 1.29. The minimum absolute atomic E-state index is 0.0412. The molecule has 0 bridgehead atoms. The van der Waals surface area contributed by atoms with Gasteiger partial charge < -0.3 is 10.6 Å². The first kappa shape index (κ1) is 17.5. The van der Waals surface area contributed by atoms with E-state index < -0.39 is 0 Å². The van der Waals surface area contributed by atoms with Crippen molar-refractivity contribution in [2.24, 2.45) is 5.41 Å². The normalized spacial score (nSPS) is 14.5. The summed E-state index contributed by atoms with van der Waals surface area (Å²) in [6.07, 6.45) is 0. The molecule has 23 heavy (non-hydrogen) atoms. The third-order valence-corrected chi connectivity index (χ3v) is 4.54. The van der Waals surface area contributed by atoms with Gasteiger partial charge in [-0.25, -0.2) is 0 Å². The van der Waals surface area contributed by atoms with Gasteiger partial charge in [0.15, 0.2) is 0 Å². The molecular formula is C20H28N2O. The van der Waals surface area contributed by atoms with E-state index in [9.17, 15) is 4.79 Å². The fraction of sp³-hybridized carbons (Fsp3) is 0.450. The molecule has 3 nitrogen and oxygen atoms in total. The van der Waals surface area contributed by atoms with Gasteiger partial charge in [-0.1, -0.05) is 63.2 Å². The van der Waals surface area contributed by atoms with Gasteiger partial charge in [0.25, 0.3) is 0 Å². The second-order valence-electron chi connectivity index (χ2n) is 7.33. The molecule has 0 saturated heterocycles. The van der Waals surface area contributed by atoms with Crippen LogP contribution in [-0.4, -0.2) is 18.5 Å². The predicted molar refractivity (Wildman–Crippen MR) is 97.4 cm³/mol. The van der Waals surface area contributed by atoms with Gasteiger partial charge >= 0.3 is 0 Å². The Kier molecular flexibility index (Phi) is 5.42. The van der Waals surface area contributed by atoms with Crippen molar-refractivity contribution < 1.29 is 4.79 Å². The second-order valence-corrected chi connectivity index (χ2v) is 7.33. The summed E-state index contributed by atoms with van der Waals surface area (Å²) in [6, 6.07) is 14.9. The maximum absolute atomic E-state index is 12.1. The molecule has 0 saturated carbocycles. The number of amides is 1. The third kappa shape index (κ3) is 4.55. The Bertz CT molecular complexity index is 667. The highest BCUT2D eigenvalue weighted by atomic mass is 16.2. The van der Waals surface area contributed by atoms with Crippen molar-refractivity contribution in [3.8, 4) is 0 Å². The summed E-state index contributed by atoms with van der Waals surface area (Å²) < 4.78 is 0. The predicted octanol–water partition coefficient (Wildman–Crippen LogP) is 4.04. The average Bonchev–Trinajstić information content (AvgIpc) is 2.51. The summed E-state index contributed by atoms with van der Waals surface area (Å²) >= 11 is 0. The van der Waals surface area contributed by atoms with Crippen LogP contribution in [0.2, 0.25) is 0 Å². The van der Waals surface area contributed by atoms with E-state index in [1.165, 1.54) is 16.3 Å². The van der Waals surface area contributed by atoms with Crippen LogP contribution in [0.25, 0.3) is 10.8 Å². The van der Waals surface area contributed by atoms with Crippen LogP contribution in [0.3, 0.4) is 0 Å². The summed E-state index contributed by atoms with van der Waals surface area (Å²) in [5.74, 6) is 0.0412. The van der Waals surface area contributed by atoms with E-state index in [2.05, 4.69) is 74.7 Å². The van der Waals surface area contributed by atoms with E-state index in [4.69, 9.17) is 0 Å². The van der Waals surface area contributed by atoms with E-state index in [1.807, 2.05) is 13.0 Å². The molecule has 0 aliphatic rings. The monoisotopic (exact) mass is 312 g/mol. The van der Waals surface area contributed by atoms with Crippen molar-refractivity contribution in [3.05, 3.63) is 48.0 Å². The smallest absolute Gasteiger partial charge is 0.234 e. The van der Waals surface area contributed by atoms with Gasteiger partial charge in [-0.3, -0.25) is 4.79 Å². The van der Waals surface area contributed by atoms with E-state index in [0.29, 0.717) is 6.54 Å². The van der Waals surface area contributed by atoms with Crippen molar-refractivity contribution in [3.63, 3.8) is 0 Å². The fourth-order valence-electron chi connectivity index (χ4n) is 2.49. The van der Waals surface area contributed by atoms with Crippen molar-refractivity contribution in [2.75, 3.05) is 6.54 Å². The number of fused-ring (bicyclic) bond motifs is 1. The van der Waals surface area contributed by atoms with Gasteiger partial charge in [-0.2, -0.15) is 0 Å². The Morgan fingerprint density at radius 1 is 1.04 bits per heavy atom. The number of nitrogens with one attached hydrogen (secondary N) is 2. The van der Waals surface area contributed by atoms with Crippen molar-refractivity contribution in [1.29, 1.82) is 0 Å². The molecule has 0 heterocycles. The largest absolute Gasteiger partial charge is 0.352 e. The van der Waals surface area contributed by atoms with Crippen LogP contribution < -0.4 is 10.6 Å². The molecule has 2 aromatic rings. The lowest BCUT2D eigenvalue weighted by Crippen LogP contribution is -2.45.